The van der Waals surface area contributed by atoms with E-state index in [2.05, 4.69) is 0 Å². The Hall–Kier alpha value is -0.240. The topological polar surface area (TPSA) is 110 Å². The van der Waals surface area contributed by atoms with Crippen molar-refractivity contribution in [3.8, 4) is 0 Å². The Morgan fingerprint density at radius 3 is 2.73 bits per heavy atom. The van der Waals surface area contributed by atoms with Crippen LogP contribution in [0.4, 0.5) is 0 Å². The lowest BCUT2D eigenvalue weighted by atomic mass is 9.99. The highest BCUT2D eigenvalue weighted by Crippen LogP contribution is 2.34. The van der Waals surface area contributed by atoms with Gasteiger partial charge in [0.2, 0.25) is 0 Å². The normalized spacial score (nSPS) is 44.1. The van der Waals surface area contributed by atoms with Crippen LogP contribution in [0, 0.1) is 0 Å². The molecule has 1 rings (SSSR count). The highest BCUT2D eigenvalue weighted by atomic mass is 16.7. The van der Waals surface area contributed by atoms with Crippen molar-refractivity contribution in [3.05, 3.63) is 0 Å². The molecular weight excluding hydrogens is 204 g/mol. The molecule has 5 atom stereocenters. The summed E-state index contributed by atoms with van der Waals surface area (Å²) in [7, 11) is 0. The molecular formula is C9H18O6. The first kappa shape index (κ1) is 11.3. The first-order valence-electron chi connectivity index (χ1n) is 5.51. The van der Waals surface area contributed by atoms with Crippen LogP contribution >= 0.6 is 0 Å². The van der Waals surface area contributed by atoms with Crippen molar-refractivity contribution in [2.24, 2.45) is 0 Å². The third kappa shape index (κ3) is 2.30. The second kappa shape index (κ2) is 4.73. The second-order valence-corrected chi connectivity index (χ2v) is 3.72. The van der Waals surface area contributed by atoms with Crippen molar-refractivity contribution in [2.45, 2.75) is 49.9 Å². The molecule has 0 spiro atoms. The summed E-state index contributed by atoms with van der Waals surface area (Å²) in [6.45, 7) is -0.579. The summed E-state index contributed by atoms with van der Waals surface area (Å²) in [5.41, 5.74) is 0. The Morgan fingerprint density at radius 2 is 2.20 bits per heavy atom. The third-order valence-corrected chi connectivity index (χ3v) is 2.56. The van der Waals surface area contributed by atoms with E-state index >= 15 is 0 Å². The van der Waals surface area contributed by atoms with Crippen molar-refractivity contribution in [1.82, 2.24) is 0 Å². The van der Waals surface area contributed by atoms with Crippen LogP contribution in [0.1, 0.15) is 21.1 Å². The minimum atomic E-state index is -1.96. The third-order valence-electron chi connectivity index (χ3n) is 2.56. The smallest absolute Gasteiger partial charge is 0.195 e. The summed E-state index contributed by atoms with van der Waals surface area (Å²) in [6, 6.07) is 0. The fraction of sp³-hybridized carbons (Fsp3) is 1.00. The van der Waals surface area contributed by atoms with Gasteiger partial charge in [0, 0.05) is 7.79 Å². The lowest BCUT2D eigenvalue weighted by Gasteiger charge is -2.25. The average molecular weight is 223 g/mol. The predicted molar refractivity (Wildman–Crippen MR) is 49.8 cm³/mol. The van der Waals surface area contributed by atoms with Gasteiger partial charge in [0.15, 0.2) is 5.79 Å². The molecule has 0 aliphatic carbocycles. The summed E-state index contributed by atoms with van der Waals surface area (Å²) in [6.07, 6.45) is -5.32. The number of rotatable bonds is 4. The van der Waals surface area contributed by atoms with E-state index < -0.39 is 36.8 Å². The number of aliphatic hydroxyl groups excluding tert-OH is 4. The molecule has 15 heavy (non-hydrogen) atoms. The Kier molecular flexibility index (Phi) is 3.55. The first-order valence-corrected chi connectivity index (χ1v) is 4.80. The van der Waals surface area contributed by atoms with Crippen LogP contribution in [-0.4, -0.2) is 62.3 Å². The Morgan fingerprint density at radius 1 is 1.53 bits per heavy atom. The van der Waals surface area contributed by atoms with Crippen LogP contribution in [0.5, 0.6) is 0 Å². The zero-order chi connectivity index (χ0) is 12.3. The summed E-state index contributed by atoms with van der Waals surface area (Å²) in [5, 5.41) is 47.0. The molecule has 5 N–H and O–H groups in total. The molecule has 0 radical (unpaired) electrons. The zero-order valence-electron chi connectivity index (χ0n) is 9.28. The van der Waals surface area contributed by atoms with Gasteiger partial charge < -0.3 is 30.3 Å². The van der Waals surface area contributed by atoms with Crippen molar-refractivity contribution < 1.29 is 31.6 Å². The fourth-order valence-corrected chi connectivity index (χ4v) is 1.69. The van der Waals surface area contributed by atoms with Crippen molar-refractivity contribution >= 4 is 0 Å². The molecule has 1 fully saturated rings. The Bertz CT molecular complexity index is 228. The first-order chi connectivity index (χ1) is 7.46. The van der Waals surface area contributed by atoms with E-state index in [1.165, 1.54) is 0 Å². The van der Waals surface area contributed by atoms with Crippen molar-refractivity contribution in [1.29, 1.82) is 0 Å². The molecule has 0 amide bonds. The van der Waals surface area contributed by atoms with E-state index in [1.807, 2.05) is 0 Å². The summed E-state index contributed by atoms with van der Waals surface area (Å²) < 4.78 is 11.9. The SMILES string of the molecule is [2H]CCCC1(O)O[C@H]([C@H](O)CO)[C@H](O)[C@H]1O. The van der Waals surface area contributed by atoms with Gasteiger partial charge in [-0.1, -0.05) is 13.3 Å². The molecule has 1 saturated heterocycles. The molecule has 0 aromatic heterocycles. The molecule has 6 nitrogen and oxygen atoms in total. The molecule has 0 bridgehead atoms. The highest BCUT2D eigenvalue weighted by Gasteiger charge is 2.54. The molecule has 1 aliphatic heterocycles. The average Bonchev–Trinajstić information content (AvgIpc) is 2.51. The van der Waals surface area contributed by atoms with E-state index in [1.54, 1.807) is 0 Å². The Labute approximate surface area is 89.1 Å². The van der Waals surface area contributed by atoms with Crippen LogP contribution in [0.15, 0.2) is 0 Å². The Balaban J connectivity index is 2.69. The highest BCUT2D eigenvalue weighted by molar-refractivity contribution is 4.97. The molecule has 0 aromatic rings. The van der Waals surface area contributed by atoms with Gasteiger partial charge in [0.25, 0.3) is 0 Å². The maximum Gasteiger partial charge on any atom is 0.195 e. The molecule has 90 valence electrons. The quantitative estimate of drug-likeness (QED) is 0.375. The van der Waals surface area contributed by atoms with Crippen LogP contribution in [0.25, 0.3) is 0 Å². The number of hydrogen-bond acceptors (Lipinski definition) is 6. The number of hydrogen-bond donors (Lipinski definition) is 5. The van der Waals surface area contributed by atoms with Crippen LogP contribution < -0.4 is 0 Å². The molecule has 0 aromatic carbocycles. The molecule has 6 heteroatoms. The number of aliphatic hydroxyl groups is 5. The minimum absolute atomic E-state index is 0.0105. The van der Waals surface area contributed by atoms with Crippen molar-refractivity contribution in [2.75, 3.05) is 6.61 Å². The monoisotopic (exact) mass is 223 g/mol. The predicted octanol–water partition coefficient (Wildman–Crippen LogP) is -2.05. The molecule has 0 saturated carbocycles. The standard InChI is InChI=1S/C9H18O6/c1-2-3-9(14)8(13)6(12)7(15-9)5(11)4-10/h5-8,10-14H,2-4H2,1H3/t5-,6+,7-,8-,9?/m1/s1/i1D. The van der Waals surface area contributed by atoms with Crippen LogP contribution in [0.3, 0.4) is 0 Å². The van der Waals surface area contributed by atoms with E-state index in [0.29, 0.717) is 6.42 Å². The van der Waals surface area contributed by atoms with Gasteiger partial charge >= 0.3 is 0 Å². The second-order valence-electron chi connectivity index (χ2n) is 3.72. The van der Waals surface area contributed by atoms with E-state index in [9.17, 15) is 20.4 Å². The molecule has 1 unspecified atom stereocenters. The lowest BCUT2D eigenvalue weighted by Crippen LogP contribution is -2.43. The van der Waals surface area contributed by atoms with Crippen molar-refractivity contribution in [3.63, 3.8) is 0 Å². The van der Waals surface area contributed by atoms with Gasteiger partial charge in [-0.15, -0.1) is 0 Å². The van der Waals surface area contributed by atoms with Gasteiger partial charge in [-0.25, -0.2) is 0 Å². The van der Waals surface area contributed by atoms with Gasteiger partial charge in [0.05, 0.1) is 6.61 Å². The summed E-state index contributed by atoms with van der Waals surface area (Å²) in [5.74, 6) is -1.96. The molecule has 1 aliphatic rings. The van der Waals surface area contributed by atoms with Crippen LogP contribution in [-0.2, 0) is 4.74 Å². The van der Waals surface area contributed by atoms with E-state index in [-0.39, 0.29) is 13.3 Å². The lowest BCUT2D eigenvalue weighted by molar-refractivity contribution is -0.241. The van der Waals surface area contributed by atoms with E-state index in [0.717, 1.165) is 0 Å². The maximum atomic E-state index is 9.87. The van der Waals surface area contributed by atoms with Gasteiger partial charge in [0.1, 0.15) is 24.4 Å². The summed E-state index contributed by atoms with van der Waals surface area (Å²) in [4.78, 5) is 0. The minimum Gasteiger partial charge on any atom is -0.394 e. The largest absolute Gasteiger partial charge is 0.394 e. The fourth-order valence-electron chi connectivity index (χ4n) is 1.69. The van der Waals surface area contributed by atoms with Gasteiger partial charge in [-0.3, -0.25) is 0 Å². The van der Waals surface area contributed by atoms with Crippen LogP contribution in [0.2, 0.25) is 0 Å². The maximum absolute atomic E-state index is 9.87. The van der Waals surface area contributed by atoms with Gasteiger partial charge in [-0.05, 0) is 0 Å². The van der Waals surface area contributed by atoms with Gasteiger partial charge in [-0.2, -0.15) is 0 Å². The number of ether oxygens (including phenoxy) is 1. The zero-order valence-corrected chi connectivity index (χ0v) is 8.28. The molecule has 1 heterocycles. The summed E-state index contributed by atoms with van der Waals surface area (Å²) >= 11 is 0. The van der Waals surface area contributed by atoms with E-state index in [4.69, 9.17) is 11.2 Å².